The second-order valence-corrected chi connectivity index (χ2v) is 8.32. The van der Waals surface area contributed by atoms with Crippen LogP contribution in [0.25, 0.3) is 6.08 Å². The molecule has 1 saturated heterocycles. The molecule has 0 spiro atoms. The number of para-hydroxylation sites is 1. The standard InChI is InChI=1S/C23H23BrN2O3/c24-18-12-10-16(11-13-18)15-29-21-9-5-4-6-17(21)14-20-22(27)26(23(28)25-20)19-7-2-1-3-8-19/h4-6,9-14,19H,1-3,7-8,15H2,(H,25,28)/b20-14-. The van der Waals surface area contributed by atoms with Gasteiger partial charge in [0.25, 0.3) is 5.91 Å². The van der Waals surface area contributed by atoms with E-state index in [1.807, 2.05) is 48.5 Å². The molecule has 1 saturated carbocycles. The fourth-order valence-electron chi connectivity index (χ4n) is 3.85. The minimum atomic E-state index is -0.318. The van der Waals surface area contributed by atoms with Gasteiger partial charge in [0.05, 0.1) is 0 Å². The smallest absolute Gasteiger partial charge is 0.329 e. The van der Waals surface area contributed by atoms with Crippen LogP contribution in [0.4, 0.5) is 4.79 Å². The van der Waals surface area contributed by atoms with Crippen molar-refractivity contribution in [2.45, 2.75) is 44.8 Å². The number of hydrogen-bond donors (Lipinski definition) is 1. The van der Waals surface area contributed by atoms with Crippen LogP contribution >= 0.6 is 15.9 Å². The largest absolute Gasteiger partial charge is 0.488 e. The summed E-state index contributed by atoms with van der Waals surface area (Å²) in [5, 5.41) is 2.74. The number of carbonyl (C=O) groups excluding carboxylic acids is 2. The number of imide groups is 1. The third-order valence-corrected chi connectivity index (χ3v) is 5.90. The van der Waals surface area contributed by atoms with E-state index in [2.05, 4.69) is 21.2 Å². The number of urea groups is 1. The summed E-state index contributed by atoms with van der Waals surface area (Å²) in [5.41, 5.74) is 2.11. The molecule has 2 aromatic rings. The lowest BCUT2D eigenvalue weighted by molar-refractivity contribution is -0.124. The first-order chi connectivity index (χ1) is 14.1. The lowest BCUT2D eigenvalue weighted by atomic mass is 9.94. The van der Waals surface area contributed by atoms with Crippen LogP contribution in [0.2, 0.25) is 0 Å². The summed E-state index contributed by atoms with van der Waals surface area (Å²) in [7, 11) is 0. The Bertz CT molecular complexity index is 933. The van der Waals surface area contributed by atoms with Gasteiger partial charge in [-0.15, -0.1) is 0 Å². The predicted molar refractivity (Wildman–Crippen MR) is 115 cm³/mol. The van der Waals surface area contributed by atoms with Gasteiger partial charge >= 0.3 is 6.03 Å². The van der Waals surface area contributed by atoms with Gasteiger partial charge in [-0.25, -0.2) is 4.79 Å². The van der Waals surface area contributed by atoms with Gasteiger partial charge in [0.1, 0.15) is 18.1 Å². The minimum Gasteiger partial charge on any atom is -0.488 e. The maximum Gasteiger partial charge on any atom is 0.329 e. The average molecular weight is 455 g/mol. The van der Waals surface area contributed by atoms with Gasteiger partial charge < -0.3 is 10.1 Å². The highest BCUT2D eigenvalue weighted by Crippen LogP contribution is 2.28. The molecule has 3 amide bonds. The first kappa shape index (κ1) is 19.7. The van der Waals surface area contributed by atoms with E-state index in [4.69, 9.17) is 4.74 Å². The SMILES string of the molecule is O=C1N/C(=C\c2ccccc2OCc2ccc(Br)cc2)C(=O)N1C1CCCCC1. The van der Waals surface area contributed by atoms with Crippen molar-refractivity contribution in [1.82, 2.24) is 10.2 Å². The van der Waals surface area contributed by atoms with Crippen molar-refractivity contribution >= 4 is 33.9 Å². The number of benzene rings is 2. The van der Waals surface area contributed by atoms with Crippen LogP contribution in [-0.4, -0.2) is 22.9 Å². The van der Waals surface area contributed by atoms with Crippen LogP contribution in [0.5, 0.6) is 5.75 Å². The van der Waals surface area contributed by atoms with Crippen molar-refractivity contribution in [3.8, 4) is 5.75 Å². The minimum absolute atomic E-state index is 0.00560. The van der Waals surface area contributed by atoms with Gasteiger partial charge in [-0.1, -0.05) is 65.5 Å². The highest BCUT2D eigenvalue weighted by atomic mass is 79.9. The normalized spacial score (nSPS) is 18.9. The number of amides is 3. The Morgan fingerprint density at radius 2 is 1.76 bits per heavy atom. The molecule has 5 nitrogen and oxygen atoms in total. The van der Waals surface area contributed by atoms with E-state index in [0.717, 1.165) is 41.3 Å². The highest BCUT2D eigenvalue weighted by Gasteiger charge is 2.39. The van der Waals surface area contributed by atoms with Crippen LogP contribution < -0.4 is 10.1 Å². The first-order valence-corrected chi connectivity index (χ1v) is 10.7. The Morgan fingerprint density at radius 3 is 2.52 bits per heavy atom. The fraction of sp³-hybridized carbons (Fsp3) is 0.304. The summed E-state index contributed by atoms with van der Waals surface area (Å²) in [6.07, 6.45) is 6.78. The van der Waals surface area contributed by atoms with E-state index in [-0.39, 0.29) is 18.0 Å². The second-order valence-electron chi connectivity index (χ2n) is 7.41. The summed E-state index contributed by atoms with van der Waals surface area (Å²) in [5.74, 6) is 0.422. The van der Waals surface area contributed by atoms with E-state index in [9.17, 15) is 9.59 Å². The molecular weight excluding hydrogens is 432 g/mol. The van der Waals surface area contributed by atoms with Crippen LogP contribution in [0.1, 0.15) is 43.2 Å². The molecule has 2 aromatic carbocycles. The van der Waals surface area contributed by atoms with E-state index in [0.29, 0.717) is 18.1 Å². The highest BCUT2D eigenvalue weighted by molar-refractivity contribution is 9.10. The van der Waals surface area contributed by atoms with Gasteiger partial charge in [-0.3, -0.25) is 9.69 Å². The van der Waals surface area contributed by atoms with Gasteiger partial charge in [-0.2, -0.15) is 0 Å². The van der Waals surface area contributed by atoms with Crippen molar-refractivity contribution in [2.75, 3.05) is 0 Å². The summed E-state index contributed by atoms with van der Waals surface area (Å²) in [6.45, 7) is 0.419. The maximum atomic E-state index is 12.9. The second kappa shape index (κ2) is 8.82. The molecule has 1 aliphatic carbocycles. The molecule has 0 aromatic heterocycles. The molecule has 0 radical (unpaired) electrons. The zero-order valence-corrected chi connectivity index (χ0v) is 17.7. The fourth-order valence-corrected chi connectivity index (χ4v) is 4.11. The van der Waals surface area contributed by atoms with Crippen molar-refractivity contribution in [2.24, 2.45) is 0 Å². The predicted octanol–water partition coefficient (Wildman–Crippen LogP) is 5.25. The lowest BCUT2D eigenvalue weighted by Gasteiger charge is -2.28. The molecule has 0 unspecified atom stereocenters. The van der Waals surface area contributed by atoms with Gasteiger partial charge in [0, 0.05) is 16.1 Å². The molecule has 1 aliphatic heterocycles. The van der Waals surface area contributed by atoms with E-state index < -0.39 is 0 Å². The number of rotatable bonds is 5. The van der Waals surface area contributed by atoms with Crippen molar-refractivity contribution < 1.29 is 14.3 Å². The number of ether oxygens (including phenoxy) is 1. The molecule has 1 N–H and O–H groups in total. The van der Waals surface area contributed by atoms with Crippen LogP contribution in [-0.2, 0) is 11.4 Å². The Hall–Kier alpha value is -2.60. The Kier molecular flexibility index (Phi) is 6.00. The number of nitrogens with one attached hydrogen (secondary N) is 1. The monoisotopic (exact) mass is 454 g/mol. The topological polar surface area (TPSA) is 58.6 Å². The summed E-state index contributed by atoms with van der Waals surface area (Å²) < 4.78 is 7.00. The molecule has 2 fully saturated rings. The summed E-state index contributed by atoms with van der Waals surface area (Å²) in [6, 6.07) is 15.1. The van der Waals surface area contributed by atoms with Crippen LogP contribution in [0.15, 0.2) is 58.7 Å². The van der Waals surface area contributed by atoms with Crippen molar-refractivity contribution in [1.29, 1.82) is 0 Å². The first-order valence-electron chi connectivity index (χ1n) is 9.94. The molecule has 4 rings (SSSR count). The zero-order chi connectivity index (χ0) is 20.2. The van der Waals surface area contributed by atoms with Crippen molar-refractivity contribution in [3.05, 3.63) is 69.8 Å². The Morgan fingerprint density at radius 1 is 1.03 bits per heavy atom. The molecule has 29 heavy (non-hydrogen) atoms. The molecule has 6 heteroatoms. The third kappa shape index (κ3) is 4.53. The van der Waals surface area contributed by atoms with Gasteiger partial charge in [-0.05, 0) is 42.7 Å². The van der Waals surface area contributed by atoms with E-state index in [1.165, 1.54) is 11.3 Å². The van der Waals surface area contributed by atoms with E-state index >= 15 is 0 Å². The summed E-state index contributed by atoms with van der Waals surface area (Å²) in [4.78, 5) is 26.7. The Labute approximate surface area is 178 Å². The van der Waals surface area contributed by atoms with Gasteiger partial charge in [0.15, 0.2) is 0 Å². The van der Waals surface area contributed by atoms with Crippen LogP contribution in [0.3, 0.4) is 0 Å². The summed E-state index contributed by atoms with van der Waals surface area (Å²) >= 11 is 3.43. The molecule has 150 valence electrons. The quantitative estimate of drug-likeness (QED) is 0.495. The number of nitrogens with zero attached hydrogens (tertiary/aromatic N) is 1. The lowest BCUT2D eigenvalue weighted by Crippen LogP contribution is -2.41. The third-order valence-electron chi connectivity index (χ3n) is 5.38. The number of hydrogen-bond acceptors (Lipinski definition) is 3. The van der Waals surface area contributed by atoms with Crippen LogP contribution in [0, 0.1) is 0 Å². The number of carbonyl (C=O) groups is 2. The van der Waals surface area contributed by atoms with E-state index in [1.54, 1.807) is 6.08 Å². The van der Waals surface area contributed by atoms with Crippen molar-refractivity contribution in [3.63, 3.8) is 0 Å². The van der Waals surface area contributed by atoms with Gasteiger partial charge in [0.2, 0.25) is 0 Å². The maximum absolute atomic E-state index is 12.9. The molecular formula is C23H23BrN2O3. The molecule has 0 atom stereocenters. The average Bonchev–Trinajstić information content (AvgIpc) is 3.02. The molecule has 1 heterocycles. The molecule has 0 bridgehead atoms. The number of halogens is 1. The Balaban J connectivity index is 1.51. The zero-order valence-electron chi connectivity index (χ0n) is 16.1. The molecule has 2 aliphatic rings.